The minimum absolute atomic E-state index is 0.0438. The second kappa shape index (κ2) is 67.1. The van der Waals surface area contributed by atoms with Gasteiger partial charge in [0.25, 0.3) is 0 Å². The summed E-state index contributed by atoms with van der Waals surface area (Å²) in [6.07, 6.45) is 84.6. The molecule has 0 saturated heterocycles. The number of nitrogens with zero attached hydrogens (tertiary/aromatic N) is 1. The van der Waals surface area contributed by atoms with Gasteiger partial charge in [-0.15, -0.1) is 0 Å². The van der Waals surface area contributed by atoms with Gasteiger partial charge in [0.05, 0.1) is 33.8 Å². The van der Waals surface area contributed by atoms with E-state index in [2.05, 4.69) is 50.4 Å². The van der Waals surface area contributed by atoms with Gasteiger partial charge in [-0.25, -0.2) is 4.57 Å². The van der Waals surface area contributed by atoms with Crippen LogP contribution in [0.15, 0.2) is 36.5 Å². The molecule has 514 valence electrons. The van der Waals surface area contributed by atoms with Crippen molar-refractivity contribution < 1.29 is 37.3 Å². The zero-order valence-electron chi connectivity index (χ0n) is 59.0. The molecule has 0 bridgehead atoms. The Balaban J connectivity index is 4.89. The van der Waals surface area contributed by atoms with Gasteiger partial charge >= 0.3 is 13.8 Å². The predicted molar refractivity (Wildman–Crippen MR) is 379 cm³/mol. The Morgan fingerprint density at radius 1 is 0.402 bits per heavy atom. The number of amides is 1. The van der Waals surface area contributed by atoms with Crippen LogP contribution in [-0.4, -0.2) is 74.3 Å². The van der Waals surface area contributed by atoms with Gasteiger partial charge in [0, 0.05) is 12.8 Å². The fourth-order valence-electron chi connectivity index (χ4n) is 11.7. The van der Waals surface area contributed by atoms with Crippen molar-refractivity contribution in [2.75, 3.05) is 40.9 Å². The first-order chi connectivity index (χ1) is 42.4. The third-order valence-corrected chi connectivity index (χ3v) is 18.6. The number of carbonyl (C=O) groups is 2. The van der Waals surface area contributed by atoms with Crippen LogP contribution in [0.2, 0.25) is 0 Å². The maximum absolute atomic E-state index is 13.6. The van der Waals surface area contributed by atoms with Crippen molar-refractivity contribution in [2.24, 2.45) is 0 Å². The van der Waals surface area contributed by atoms with E-state index < -0.39 is 20.0 Å². The maximum Gasteiger partial charge on any atom is 0.472 e. The van der Waals surface area contributed by atoms with Gasteiger partial charge < -0.3 is 19.4 Å². The molecule has 1 amide bonds. The van der Waals surface area contributed by atoms with Crippen LogP contribution in [-0.2, 0) is 27.9 Å². The first-order valence-electron chi connectivity index (χ1n) is 38.3. The molecule has 0 aromatic heterocycles. The third-order valence-electron chi connectivity index (χ3n) is 17.6. The Hall–Kier alpha value is -1.77. The summed E-state index contributed by atoms with van der Waals surface area (Å²) in [5.41, 5.74) is 0. The zero-order valence-corrected chi connectivity index (χ0v) is 59.9. The first-order valence-corrected chi connectivity index (χ1v) is 39.8. The Bertz CT molecular complexity index is 1580. The van der Waals surface area contributed by atoms with Gasteiger partial charge in [0.2, 0.25) is 5.91 Å². The summed E-state index contributed by atoms with van der Waals surface area (Å²) in [5, 5.41) is 3.08. The highest BCUT2D eigenvalue weighted by Gasteiger charge is 2.30. The normalized spacial score (nSPS) is 13.6. The fraction of sp³-hybridized carbons (Fsp3) is 0.896. The molecule has 0 heterocycles. The largest absolute Gasteiger partial charge is 0.472 e. The van der Waals surface area contributed by atoms with Gasteiger partial charge in [-0.3, -0.25) is 18.6 Å². The average Bonchev–Trinajstić information content (AvgIpc) is 3.70. The van der Waals surface area contributed by atoms with Gasteiger partial charge in [-0.2, -0.15) is 0 Å². The molecule has 0 saturated carbocycles. The standard InChI is InChI=1S/C77H149N2O7P/c1-7-10-13-16-19-22-25-27-29-31-33-35-37-39-41-43-45-47-49-51-54-57-60-63-66-69-76(80)78-74(73-85-87(82,83)84-72-71-79(4,5)6)75(68-65-62-59-56-53-24-21-18-15-12-9-3)86-77(81)70-67-64-61-58-55-52-50-48-46-44-42-40-38-36-34-32-30-28-26-23-20-17-14-11-8-2/h20,23,28,30,65,68,74-75H,7-19,21-22,24-27,29,31-64,66-67,69-73H2,1-6H3,(H-,78,80,82,83)/p+1/b23-20-,30-28-,68-65+. The van der Waals surface area contributed by atoms with E-state index in [9.17, 15) is 19.0 Å². The summed E-state index contributed by atoms with van der Waals surface area (Å²) < 4.78 is 30.9. The van der Waals surface area contributed by atoms with Crippen molar-refractivity contribution in [3.8, 4) is 0 Å². The summed E-state index contributed by atoms with van der Waals surface area (Å²) in [6, 6.07) is -0.845. The van der Waals surface area contributed by atoms with E-state index in [1.165, 1.54) is 295 Å². The summed E-state index contributed by atoms with van der Waals surface area (Å²) in [6.45, 7) is 7.06. The second-order valence-electron chi connectivity index (χ2n) is 27.5. The quantitative estimate of drug-likeness (QED) is 0.0205. The van der Waals surface area contributed by atoms with E-state index >= 15 is 0 Å². The molecule has 0 rings (SSSR count). The molecule has 10 heteroatoms. The van der Waals surface area contributed by atoms with Crippen molar-refractivity contribution in [1.82, 2.24) is 5.32 Å². The summed E-state index contributed by atoms with van der Waals surface area (Å²) >= 11 is 0. The fourth-order valence-corrected chi connectivity index (χ4v) is 12.4. The minimum atomic E-state index is -4.45. The van der Waals surface area contributed by atoms with Crippen LogP contribution in [0.1, 0.15) is 393 Å². The maximum atomic E-state index is 13.6. The molecule has 0 aliphatic heterocycles. The summed E-state index contributed by atoms with van der Waals surface area (Å²) in [4.78, 5) is 38.0. The van der Waals surface area contributed by atoms with Crippen LogP contribution in [0.4, 0.5) is 0 Å². The SMILES string of the molecule is CCCCC/C=C\C/C=C\CCCCCCCCCCCCCCCCCC(=O)OC(/C=C/CCCCCCCCCCC)C(COP(=O)(O)OCC[N+](C)(C)C)NC(=O)CCCCCCCCCCCCCCCCCCCCCCCCCCC. The van der Waals surface area contributed by atoms with E-state index in [0.29, 0.717) is 23.9 Å². The zero-order chi connectivity index (χ0) is 63.5. The lowest BCUT2D eigenvalue weighted by molar-refractivity contribution is -0.870. The number of phosphoric acid groups is 1. The van der Waals surface area contributed by atoms with E-state index in [0.717, 1.165) is 64.2 Å². The summed E-state index contributed by atoms with van der Waals surface area (Å²) in [5.74, 6) is -0.482. The molecule has 0 aliphatic carbocycles. The van der Waals surface area contributed by atoms with Gasteiger partial charge in [-0.05, 0) is 63.9 Å². The number of ether oxygens (including phenoxy) is 1. The number of rotatable bonds is 71. The van der Waals surface area contributed by atoms with Crippen molar-refractivity contribution in [1.29, 1.82) is 0 Å². The Kier molecular flexibility index (Phi) is 65.8. The topological polar surface area (TPSA) is 111 Å². The first kappa shape index (κ1) is 85.2. The molecule has 87 heavy (non-hydrogen) atoms. The van der Waals surface area contributed by atoms with E-state index in [1.54, 1.807) is 0 Å². The Labute approximate surface area is 542 Å². The van der Waals surface area contributed by atoms with Gasteiger partial charge in [0.15, 0.2) is 0 Å². The van der Waals surface area contributed by atoms with Crippen LogP contribution in [0.3, 0.4) is 0 Å². The molecule has 0 fully saturated rings. The monoisotopic (exact) mass is 1250 g/mol. The van der Waals surface area contributed by atoms with Crippen molar-refractivity contribution in [3.05, 3.63) is 36.5 Å². The lowest BCUT2D eigenvalue weighted by Gasteiger charge is -2.27. The lowest BCUT2D eigenvalue weighted by Crippen LogP contribution is -2.47. The number of esters is 1. The smallest absolute Gasteiger partial charge is 0.456 e. The number of allylic oxidation sites excluding steroid dienone is 5. The molecule has 2 N–H and O–H groups in total. The molecular formula is C77H150N2O7P+. The highest BCUT2D eigenvalue weighted by Crippen LogP contribution is 2.43. The minimum Gasteiger partial charge on any atom is -0.456 e. The second-order valence-corrected chi connectivity index (χ2v) is 29.0. The highest BCUT2D eigenvalue weighted by molar-refractivity contribution is 7.47. The molecule has 9 nitrogen and oxygen atoms in total. The average molecular weight is 1250 g/mol. The highest BCUT2D eigenvalue weighted by atomic mass is 31.2. The Morgan fingerprint density at radius 2 is 0.701 bits per heavy atom. The number of phosphoric ester groups is 1. The molecule has 0 spiro atoms. The van der Waals surface area contributed by atoms with E-state index in [-0.39, 0.29) is 25.1 Å². The molecule has 3 atom stereocenters. The van der Waals surface area contributed by atoms with Gasteiger partial charge in [0.1, 0.15) is 19.3 Å². The molecule has 0 aliphatic rings. The number of carbonyl (C=O) groups excluding carboxylic acids is 2. The van der Waals surface area contributed by atoms with Crippen molar-refractivity contribution >= 4 is 19.7 Å². The number of likely N-dealkylation sites (N-methyl/N-ethyl adjacent to an activating group) is 1. The number of quaternary nitrogens is 1. The Morgan fingerprint density at radius 3 is 1.06 bits per heavy atom. The van der Waals surface area contributed by atoms with Crippen LogP contribution >= 0.6 is 7.82 Å². The number of nitrogens with one attached hydrogen (secondary N) is 1. The van der Waals surface area contributed by atoms with Crippen molar-refractivity contribution in [2.45, 2.75) is 405 Å². The molecular weight excluding hydrogens is 1100 g/mol. The molecule has 0 aromatic carbocycles. The van der Waals surface area contributed by atoms with Crippen LogP contribution < -0.4 is 5.32 Å². The van der Waals surface area contributed by atoms with Crippen LogP contribution in [0, 0.1) is 0 Å². The molecule has 0 radical (unpaired) electrons. The molecule has 0 aromatic rings. The number of unbranched alkanes of at least 4 members (excludes halogenated alkanes) is 51. The summed E-state index contributed by atoms with van der Waals surface area (Å²) in [7, 11) is 1.52. The lowest BCUT2D eigenvalue weighted by atomic mass is 10.0. The third kappa shape index (κ3) is 68.4. The van der Waals surface area contributed by atoms with Crippen molar-refractivity contribution in [3.63, 3.8) is 0 Å². The van der Waals surface area contributed by atoms with Gasteiger partial charge in [-0.1, -0.05) is 353 Å². The number of hydrogen-bond donors (Lipinski definition) is 2. The van der Waals surface area contributed by atoms with E-state index in [1.807, 2.05) is 33.3 Å². The van der Waals surface area contributed by atoms with Crippen LogP contribution in [0.5, 0.6) is 0 Å². The predicted octanol–water partition coefficient (Wildman–Crippen LogP) is 24.6. The van der Waals surface area contributed by atoms with Crippen LogP contribution in [0.25, 0.3) is 0 Å². The molecule has 3 unspecified atom stereocenters. The van der Waals surface area contributed by atoms with E-state index in [4.69, 9.17) is 13.8 Å². The number of hydrogen-bond acceptors (Lipinski definition) is 6.